The molecular weight excluding hydrogens is 453 g/mol. The van der Waals surface area contributed by atoms with Gasteiger partial charge in [0.1, 0.15) is 16.8 Å². The van der Waals surface area contributed by atoms with Crippen molar-refractivity contribution in [1.82, 2.24) is 0 Å². The first-order valence-electron chi connectivity index (χ1n) is 8.48. The Kier molecular flexibility index (Phi) is 7.54. The van der Waals surface area contributed by atoms with Gasteiger partial charge in [-0.15, -0.1) is 0 Å². The Morgan fingerprint density at radius 3 is 2.43 bits per heavy atom. The lowest BCUT2D eigenvalue weighted by Crippen LogP contribution is -2.26. The van der Waals surface area contributed by atoms with Gasteiger partial charge in [0.05, 0.1) is 10.6 Å². The van der Waals surface area contributed by atoms with E-state index in [1.54, 1.807) is 0 Å². The molecule has 0 aromatic heterocycles. The summed E-state index contributed by atoms with van der Waals surface area (Å²) >= 11 is 6.02. The van der Waals surface area contributed by atoms with Crippen LogP contribution in [0.1, 0.15) is 28.8 Å². The zero-order valence-electron chi connectivity index (χ0n) is 16.1. The summed E-state index contributed by atoms with van der Waals surface area (Å²) in [5, 5.41) is -0.716. The average molecular weight is 471 g/mol. The lowest BCUT2D eigenvalue weighted by Gasteiger charge is -2.21. The quantitative estimate of drug-likeness (QED) is 0.563. The molecule has 0 spiro atoms. The highest BCUT2D eigenvalue weighted by molar-refractivity contribution is 7.90. The molecule has 0 amide bonds. The summed E-state index contributed by atoms with van der Waals surface area (Å²) in [5.41, 5.74) is -0.543. The molecule has 0 saturated heterocycles. The van der Waals surface area contributed by atoms with Crippen LogP contribution < -0.4 is 4.74 Å². The van der Waals surface area contributed by atoms with Crippen LogP contribution in [0.2, 0.25) is 5.02 Å². The predicted octanol–water partition coefficient (Wildman–Crippen LogP) is 3.41. The molecule has 12 heteroatoms. The number of benzene rings is 1. The Balaban J connectivity index is 2.47. The monoisotopic (exact) mass is 470 g/mol. The molecule has 0 bridgehead atoms. The van der Waals surface area contributed by atoms with Crippen LogP contribution in [0.3, 0.4) is 0 Å². The third-order valence-electron chi connectivity index (χ3n) is 4.16. The van der Waals surface area contributed by atoms with Gasteiger partial charge in [0.25, 0.3) is 6.36 Å². The maximum absolute atomic E-state index is 13.5. The molecule has 166 valence electrons. The Labute approximate surface area is 175 Å². The molecule has 0 saturated carbocycles. The van der Waals surface area contributed by atoms with Gasteiger partial charge in [-0.1, -0.05) is 11.6 Å². The minimum atomic E-state index is -4.09. The number of ether oxygens (including phenoxy) is 3. The van der Waals surface area contributed by atoms with Crippen LogP contribution in [-0.2, 0) is 24.1 Å². The summed E-state index contributed by atoms with van der Waals surface area (Å²) in [5.74, 6) is -2.43. The number of halogens is 4. The lowest BCUT2D eigenvalue weighted by atomic mass is 10.0. The van der Waals surface area contributed by atoms with Gasteiger partial charge in [0.15, 0.2) is 21.4 Å². The van der Waals surface area contributed by atoms with Crippen LogP contribution in [0.4, 0.5) is 13.2 Å². The van der Waals surface area contributed by atoms with E-state index in [0.29, 0.717) is 0 Å². The van der Waals surface area contributed by atoms with E-state index < -0.39 is 61.7 Å². The third-order valence-corrected chi connectivity index (χ3v) is 5.79. The molecule has 0 aliphatic heterocycles. The molecule has 0 radical (unpaired) electrons. The van der Waals surface area contributed by atoms with Gasteiger partial charge >= 0.3 is 12.4 Å². The zero-order chi connectivity index (χ0) is 22.8. The average Bonchev–Trinajstić information content (AvgIpc) is 2.63. The number of carbonyl (C=O) groups is 2. The zero-order valence-corrected chi connectivity index (χ0v) is 17.7. The summed E-state index contributed by atoms with van der Waals surface area (Å²) < 4.78 is 77.4. The first-order valence-corrected chi connectivity index (χ1v) is 10.7. The van der Waals surface area contributed by atoms with Crippen LogP contribution in [-0.4, -0.2) is 52.4 Å². The summed E-state index contributed by atoms with van der Waals surface area (Å²) in [6, 6.07) is 1.05. The van der Waals surface area contributed by atoms with E-state index >= 15 is 0 Å². The van der Waals surface area contributed by atoms with Crippen LogP contribution in [0, 0.1) is 6.92 Å². The SMILES string of the molecule is COC1CCC(OC(=O)c2cc(C)c(S(C)(=O)=O)c(OC(F)C(F)F)c2Cl)=CC1=O. The van der Waals surface area contributed by atoms with Gasteiger partial charge in [-0.05, 0) is 25.0 Å². The minimum absolute atomic E-state index is 0.0117. The fraction of sp³-hybridized carbons (Fsp3) is 0.444. The summed E-state index contributed by atoms with van der Waals surface area (Å²) in [4.78, 5) is 23.8. The van der Waals surface area contributed by atoms with Gasteiger partial charge in [-0.2, -0.15) is 4.39 Å². The lowest BCUT2D eigenvalue weighted by molar-refractivity contribution is -0.125. The Morgan fingerprint density at radius 2 is 1.93 bits per heavy atom. The van der Waals surface area contributed by atoms with Crippen molar-refractivity contribution in [3.8, 4) is 5.75 Å². The van der Waals surface area contributed by atoms with Gasteiger partial charge in [-0.25, -0.2) is 22.0 Å². The number of hydrogen-bond donors (Lipinski definition) is 0. The van der Waals surface area contributed by atoms with Crippen LogP contribution in [0.5, 0.6) is 5.75 Å². The number of alkyl halides is 3. The third kappa shape index (κ3) is 5.32. The highest BCUT2D eigenvalue weighted by atomic mass is 35.5. The maximum Gasteiger partial charge on any atom is 0.344 e. The van der Waals surface area contributed by atoms with Gasteiger partial charge < -0.3 is 14.2 Å². The molecular formula is C18H18ClF3O7S. The molecule has 2 unspecified atom stereocenters. The second-order valence-corrected chi connectivity index (χ2v) is 8.78. The summed E-state index contributed by atoms with van der Waals surface area (Å²) in [6.07, 6.45) is -5.16. The van der Waals surface area contributed by atoms with Crippen molar-refractivity contribution in [2.75, 3.05) is 13.4 Å². The molecule has 1 aliphatic rings. The number of aryl methyl sites for hydroxylation is 1. The minimum Gasteiger partial charge on any atom is -0.451 e. The highest BCUT2D eigenvalue weighted by Gasteiger charge is 2.32. The molecule has 30 heavy (non-hydrogen) atoms. The molecule has 0 heterocycles. The number of ketones is 1. The Hall–Kier alpha value is -2.11. The van der Waals surface area contributed by atoms with Crippen molar-refractivity contribution in [2.24, 2.45) is 0 Å². The molecule has 1 aromatic rings. The van der Waals surface area contributed by atoms with Crippen molar-refractivity contribution < 1.29 is 45.4 Å². The topological polar surface area (TPSA) is 96.0 Å². The largest absolute Gasteiger partial charge is 0.451 e. The number of esters is 1. The Bertz CT molecular complexity index is 992. The van der Waals surface area contributed by atoms with Crippen molar-refractivity contribution in [1.29, 1.82) is 0 Å². The maximum atomic E-state index is 13.5. The van der Waals surface area contributed by atoms with E-state index in [1.807, 2.05) is 0 Å². The van der Waals surface area contributed by atoms with Crippen molar-refractivity contribution in [2.45, 2.75) is 43.5 Å². The molecule has 2 rings (SSSR count). The van der Waals surface area contributed by atoms with E-state index in [-0.39, 0.29) is 24.2 Å². The smallest absolute Gasteiger partial charge is 0.344 e. The molecule has 0 fully saturated rings. The van der Waals surface area contributed by atoms with E-state index in [9.17, 15) is 31.2 Å². The molecule has 2 atom stereocenters. The van der Waals surface area contributed by atoms with E-state index in [0.717, 1.165) is 18.4 Å². The Morgan fingerprint density at radius 1 is 1.30 bits per heavy atom. The molecule has 0 N–H and O–H groups in total. The second-order valence-electron chi connectivity index (χ2n) is 6.45. The van der Waals surface area contributed by atoms with E-state index in [2.05, 4.69) is 4.74 Å². The molecule has 1 aliphatic carbocycles. The van der Waals surface area contributed by atoms with Gasteiger partial charge in [-0.3, -0.25) is 4.79 Å². The fourth-order valence-corrected chi connectivity index (χ4v) is 4.31. The summed E-state index contributed by atoms with van der Waals surface area (Å²) in [6.45, 7) is 1.25. The number of sulfone groups is 1. The van der Waals surface area contributed by atoms with Gasteiger partial charge in [0, 0.05) is 25.9 Å². The summed E-state index contributed by atoms with van der Waals surface area (Å²) in [7, 11) is -2.73. The normalized spacial score (nSPS) is 18.2. The second kappa shape index (κ2) is 9.36. The first-order chi connectivity index (χ1) is 13.9. The van der Waals surface area contributed by atoms with Crippen molar-refractivity contribution in [3.05, 3.63) is 34.1 Å². The fourth-order valence-electron chi connectivity index (χ4n) is 2.85. The number of methoxy groups -OCH3 is 1. The van der Waals surface area contributed by atoms with E-state index in [4.69, 9.17) is 21.1 Å². The van der Waals surface area contributed by atoms with Crippen molar-refractivity contribution in [3.63, 3.8) is 0 Å². The number of hydrogen-bond acceptors (Lipinski definition) is 7. The predicted molar refractivity (Wildman–Crippen MR) is 99.4 cm³/mol. The standard InChI is InChI=1S/C18H18ClF3O7S/c1-8-6-10(18(24)28-9-4-5-12(27-2)11(23)7-9)13(19)14(15(8)30(3,25)26)29-17(22)16(20)21/h6-7,12,16-17H,4-5H2,1-3H3. The number of rotatable bonds is 7. The van der Waals surface area contributed by atoms with E-state index in [1.165, 1.54) is 14.0 Å². The van der Waals surface area contributed by atoms with Crippen molar-refractivity contribution >= 4 is 33.2 Å². The first kappa shape index (κ1) is 24.2. The van der Waals surface area contributed by atoms with Crippen LogP contribution >= 0.6 is 11.6 Å². The van der Waals surface area contributed by atoms with Gasteiger partial charge in [0.2, 0.25) is 0 Å². The molecule has 7 nitrogen and oxygen atoms in total. The number of allylic oxidation sites excluding steroid dienone is 1. The van der Waals surface area contributed by atoms with Crippen LogP contribution in [0.15, 0.2) is 22.8 Å². The molecule has 1 aromatic carbocycles. The number of carbonyl (C=O) groups excluding carboxylic acids is 2. The van der Waals surface area contributed by atoms with Crippen LogP contribution in [0.25, 0.3) is 0 Å². The highest BCUT2D eigenvalue weighted by Crippen LogP contribution is 2.39.